The molecule has 0 saturated heterocycles. The number of nitrogens with one attached hydrogen (secondary N) is 1. The molecule has 0 bridgehead atoms. The summed E-state index contributed by atoms with van der Waals surface area (Å²) in [6, 6.07) is 9.74. The zero-order chi connectivity index (χ0) is 23.8. The van der Waals surface area contributed by atoms with Crippen LogP contribution in [0.3, 0.4) is 0 Å². The third kappa shape index (κ3) is 4.28. The van der Waals surface area contributed by atoms with E-state index in [0.717, 1.165) is 51.2 Å². The molecule has 2 saturated carbocycles. The zero-order valence-corrected chi connectivity index (χ0v) is 21.2. The average molecular weight is 450 g/mol. The molecule has 3 aliphatic rings. The van der Waals surface area contributed by atoms with Gasteiger partial charge in [-0.3, -0.25) is 4.79 Å². The highest BCUT2D eigenvalue weighted by molar-refractivity contribution is 5.69. The standard InChI is InChI=1S/C30H43NO2/c1-6-7-24-23(16-17-32)12-13-25-27-14-15-28(33)30(27,4)18-26(29(24)25)22-10-8-21(9-11-22)19(2)20(3)31-5/h8-11,16-17,19-20,25-28,31,33H,6-7,12-15,18H2,1-5H3/b23-16-. The quantitative estimate of drug-likeness (QED) is 0.380. The number of fused-ring (bicyclic) bond motifs is 3. The molecule has 0 amide bonds. The molecule has 7 unspecified atom stereocenters. The Balaban J connectivity index is 1.81. The number of carbonyl (C=O) groups is 1. The average Bonchev–Trinajstić information content (AvgIpc) is 3.13. The molecule has 3 nitrogen and oxygen atoms in total. The lowest BCUT2D eigenvalue weighted by Gasteiger charge is -2.51. The van der Waals surface area contributed by atoms with Gasteiger partial charge in [-0.25, -0.2) is 0 Å². The van der Waals surface area contributed by atoms with Gasteiger partial charge in [0.15, 0.2) is 0 Å². The molecule has 180 valence electrons. The summed E-state index contributed by atoms with van der Waals surface area (Å²) >= 11 is 0. The first-order chi connectivity index (χ1) is 15.8. The van der Waals surface area contributed by atoms with Crippen LogP contribution in [0.15, 0.2) is 47.1 Å². The van der Waals surface area contributed by atoms with Crippen molar-refractivity contribution in [2.24, 2.45) is 17.3 Å². The molecule has 3 aliphatic carbocycles. The predicted octanol–water partition coefficient (Wildman–Crippen LogP) is 6.29. The van der Waals surface area contributed by atoms with E-state index in [9.17, 15) is 9.90 Å². The van der Waals surface area contributed by atoms with Crippen molar-refractivity contribution in [3.8, 4) is 0 Å². The van der Waals surface area contributed by atoms with Crippen molar-refractivity contribution in [1.29, 1.82) is 0 Å². The van der Waals surface area contributed by atoms with E-state index >= 15 is 0 Å². The Morgan fingerprint density at radius 2 is 1.91 bits per heavy atom. The summed E-state index contributed by atoms with van der Waals surface area (Å²) < 4.78 is 0. The Morgan fingerprint density at radius 1 is 1.18 bits per heavy atom. The Morgan fingerprint density at radius 3 is 2.55 bits per heavy atom. The monoisotopic (exact) mass is 449 g/mol. The third-order valence-corrected chi connectivity index (χ3v) is 9.56. The second-order valence-corrected chi connectivity index (χ2v) is 11.2. The van der Waals surface area contributed by atoms with Crippen LogP contribution in [0.4, 0.5) is 0 Å². The summed E-state index contributed by atoms with van der Waals surface area (Å²) in [6.07, 6.45) is 9.91. The Kier molecular flexibility index (Phi) is 7.31. The maximum Gasteiger partial charge on any atom is 0.143 e. The maximum atomic E-state index is 11.5. The summed E-state index contributed by atoms with van der Waals surface area (Å²) in [6.45, 7) is 9.11. The number of aldehydes is 1. The lowest BCUT2D eigenvalue weighted by molar-refractivity contribution is -0.104. The summed E-state index contributed by atoms with van der Waals surface area (Å²) in [5.74, 6) is 1.86. The van der Waals surface area contributed by atoms with Crippen LogP contribution in [0.1, 0.15) is 95.6 Å². The Hall–Kier alpha value is -1.71. The fraction of sp³-hybridized carbons (Fsp3) is 0.633. The van der Waals surface area contributed by atoms with Crippen LogP contribution in [0.2, 0.25) is 0 Å². The number of carbonyl (C=O) groups excluding carboxylic acids is 1. The number of rotatable bonds is 7. The molecule has 1 aromatic rings. The highest BCUT2D eigenvalue weighted by atomic mass is 16.3. The van der Waals surface area contributed by atoms with E-state index in [4.69, 9.17) is 0 Å². The van der Waals surface area contributed by atoms with Gasteiger partial charge in [0.05, 0.1) is 6.10 Å². The van der Waals surface area contributed by atoms with Gasteiger partial charge >= 0.3 is 0 Å². The molecule has 1 aromatic carbocycles. The van der Waals surface area contributed by atoms with Gasteiger partial charge in [0, 0.05) is 12.0 Å². The molecule has 0 radical (unpaired) electrons. The van der Waals surface area contributed by atoms with Crippen molar-refractivity contribution in [1.82, 2.24) is 5.32 Å². The van der Waals surface area contributed by atoms with Crippen LogP contribution in [-0.2, 0) is 4.79 Å². The number of aliphatic hydroxyl groups is 1. The van der Waals surface area contributed by atoms with Gasteiger partial charge in [-0.1, -0.05) is 57.0 Å². The van der Waals surface area contributed by atoms with Crippen LogP contribution in [0, 0.1) is 17.3 Å². The fourth-order valence-electron chi connectivity index (χ4n) is 7.34. The van der Waals surface area contributed by atoms with Crippen LogP contribution < -0.4 is 5.32 Å². The minimum Gasteiger partial charge on any atom is -0.393 e. The van der Waals surface area contributed by atoms with Gasteiger partial charge < -0.3 is 10.4 Å². The molecule has 0 aromatic heterocycles. The largest absolute Gasteiger partial charge is 0.393 e. The molecule has 2 fully saturated rings. The molecular weight excluding hydrogens is 406 g/mol. The number of likely N-dealkylation sites (N-methyl/N-ethyl adjacent to an activating group) is 1. The number of benzene rings is 1. The highest BCUT2D eigenvalue weighted by Gasteiger charge is 2.56. The normalized spacial score (nSPS) is 34.7. The lowest BCUT2D eigenvalue weighted by atomic mass is 9.53. The van der Waals surface area contributed by atoms with Crippen molar-refractivity contribution in [2.75, 3.05) is 7.05 Å². The number of hydrogen-bond acceptors (Lipinski definition) is 3. The third-order valence-electron chi connectivity index (χ3n) is 9.56. The molecule has 0 aliphatic heterocycles. The van der Waals surface area contributed by atoms with E-state index in [1.807, 2.05) is 13.1 Å². The molecule has 33 heavy (non-hydrogen) atoms. The Labute approximate surface area is 200 Å². The van der Waals surface area contributed by atoms with E-state index < -0.39 is 0 Å². The second kappa shape index (κ2) is 9.88. The van der Waals surface area contributed by atoms with E-state index in [2.05, 4.69) is 57.3 Å². The van der Waals surface area contributed by atoms with Gasteiger partial charge in [0.25, 0.3) is 0 Å². The topological polar surface area (TPSA) is 49.3 Å². The highest BCUT2D eigenvalue weighted by Crippen LogP contribution is 2.63. The van der Waals surface area contributed by atoms with Crippen molar-refractivity contribution in [3.05, 3.63) is 58.2 Å². The van der Waals surface area contributed by atoms with Gasteiger partial charge in [-0.2, -0.15) is 0 Å². The smallest absolute Gasteiger partial charge is 0.143 e. The summed E-state index contributed by atoms with van der Waals surface area (Å²) in [5.41, 5.74) is 7.04. The van der Waals surface area contributed by atoms with Crippen molar-refractivity contribution in [3.63, 3.8) is 0 Å². The van der Waals surface area contributed by atoms with Crippen LogP contribution in [0.25, 0.3) is 0 Å². The molecular formula is C30H43NO2. The summed E-state index contributed by atoms with van der Waals surface area (Å²) in [4.78, 5) is 11.5. The summed E-state index contributed by atoms with van der Waals surface area (Å²) in [5, 5.41) is 14.4. The minimum absolute atomic E-state index is 0.0192. The number of allylic oxidation sites excluding steroid dienone is 4. The number of hydrogen-bond donors (Lipinski definition) is 2. The van der Waals surface area contributed by atoms with E-state index in [1.54, 1.807) is 5.57 Å². The van der Waals surface area contributed by atoms with Crippen LogP contribution in [0.5, 0.6) is 0 Å². The van der Waals surface area contributed by atoms with Gasteiger partial charge in [-0.15, -0.1) is 0 Å². The van der Waals surface area contributed by atoms with Crippen molar-refractivity contribution in [2.45, 2.75) is 96.6 Å². The summed E-state index contributed by atoms with van der Waals surface area (Å²) in [7, 11) is 2.02. The molecule has 2 N–H and O–H groups in total. The first-order valence-corrected chi connectivity index (χ1v) is 13.2. The van der Waals surface area contributed by atoms with Crippen molar-refractivity contribution < 1.29 is 9.90 Å². The van der Waals surface area contributed by atoms with Gasteiger partial charge in [-0.05, 0) is 104 Å². The number of aliphatic hydroxyl groups excluding tert-OH is 1. The van der Waals surface area contributed by atoms with Crippen molar-refractivity contribution >= 4 is 6.29 Å². The lowest BCUT2D eigenvalue weighted by Crippen LogP contribution is -2.44. The second-order valence-electron chi connectivity index (χ2n) is 11.2. The van der Waals surface area contributed by atoms with Gasteiger partial charge in [0.1, 0.15) is 6.29 Å². The van der Waals surface area contributed by atoms with Crippen LogP contribution >= 0.6 is 0 Å². The zero-order valence-electron chi connectivity index (χ0n) is 21.2. The van der Waals surface area contributed by atoms with E-state index in [1.165, 1.54) is 22.3 Å². The van der Waals surface area contributed by atoms with E-state index in [-0.39, 0.29) is 11.5 Å². The predicted molar refractivity (Wildman–Crippen MR) is 136 cm³/mol. The first kappa shape index (κ1) is 24.4. The first-order valence-electron chi connectivity index (χ1n) is 13.2. The minimum atomic E-state index is -0.205. The molecule has 7 atom stereocenters. The molecule has 0 heterocycles. The molecule has 3 heteroatoms. The van der Waals surface area contributed by atoms with E-state index in [0.29, 0.717) is 29.7 Å². The SMILES string of the molecule is CCCC1=C2C(c3ccc(C(C)C(C)NC)cc3)CC3(C)C(O)CCC3C2CC/C1=C/C=O. The Bertz CT molecular complexity index is 914. The van der Waals surface area contributed by atoms with Gasteiger partial charge in [0.2, 0.25) is 0 Å². The molecule has 0 spiro atoms. The maximum absolute atomic E-state index is 11.5. The van der Waals surface area contributed by atoms with Crippen LogP contribution in [-0.4, -0.2) is 30.6 Å². The molecule has 4 rings (SSSR count). The fourth-order valence-corrected chi connectivity index (χ4v) is 7.34.